The maximum Gasteiger partial charge on any atom is 0.868 e. The maximum atomic E-state index is 12.4. The molecule has 1 aliphatic heterocycles. The van der Waals surface area contributed by atoms with Gasteiger partial charge in [0, 0.05) is 11.4 Å². The number of phenolic OH excluding ortho intramolecular Hbond substituents is 1. The molecule has 31 heavy (non-hydrogen) atoms. The summed E-state index contributed by atoms with van der Waals surface area (Å²) in [5.74, 6) is -3.28. The molecule has 0 bridgehead atoms. The molecule has 2 amide bonds. The van der Waals surface area contributed by atoms with Crippen molar-refractivity contribution in [3.05, 3.63) is 72.8 Å². The molecule has 11 heteroatoms. The molecule has 1 heterocycles. The Bertz CT molecular complexity index is 1110. The lowest BCUT2D eigenvalue weighted by molar-refractivity contribution is -0.112. The van der Waals surface area contributed by atoms with Crippen LogP contribution in [-0.4, -0.2) is 36.2 Å². The molecule has 0 radical (unpaired) electrons. The van der Waals surface area contributed by atoms with E-state index in [0.29, 0.717) is 5.69 Å². The van der Waals surface area contributed by atoms with Crippen molar-refractivity contribution in [3.8, 4) is 11.5 Å². The lowest BCUT2D eigenvalue weighted by atomic mass is 10.1. The third-order valence-electron chi connectivity index (χ3n) is 3.95. The molecule has 0 atom stereocenters. The van der Waals surface area contributed by atoms with Crippen molar-refractivity contribution >= 4 is 42.4 Å². The second kappa shape index (κ2) is 8.86. The summed E-state index contributed by atoms with van der Waals surface area (Å²) in [5.41, 5.74) is 0.222. The zero-order valence-electron chi connectivity index (χ0n) is 15.9. The van der Waals surface area contributed by atoms with Gasteiger partial charge in [0.15, 0.2) is 0 Å². The van der Waals surface area contributed by atoms with E-state index in [4.69, 9.17) is 14.0 Å². The van der Waals surface area contributed by atoms with Gasteiger partial charge < -0.3 is 29.7 Å². The molecule has 3 N–H and O–H groups in total. The van der Waals surface area contributed by atoms with E-state index < -0.39 is 36.8 Å². The highest BCUT2D eigenvalue weighted by atomic mass is 16.8. The number of rotatable bonds is 6. The zero-order valence-corrected chi connectivity index (χ0v) is 15.9. The molecule has 0 aromatic heterocycles. The van der Waals surface area contributed by atoms with E-state index in [1.165, 1.54) is 36.4 Å². The molecule has 1 aliphatic rings. The minimum atomic E-state index is -1.72. The van der Waals surface area contributed by atoms with Crippen LogP contribution in [0.25, 0.3) is 0 Å². The maximum absolute atomic E-state index is 12.4. The van der Waals surface area contributed by atoms with Crippen LogP contribution < -0.4 is 15.3 Å². The summed E-state index contributed by atoms with van der Waals surface area (Å²) >= 11 is 0. The molecule has 2 aromatic rings. The lowest BCUT2D eigenvalue weighted by Gasteiger charge is -2.21. The highest BCUT2D eigenvalue weighted by molar-refractivity contribution is 6.45. The second-order valence-electron chi connectivity index (χ2n) is 6.05. The van der Waals surface area contributed by atoms with E-state index >= 15 is 0 Å². The quantitative estimate of drug-likeness (QED) is 0.365. The first kappa shape index (κ1) is 21.2. The number of phenols is 1. The molecule has 0 unspecified atom stereocenters. The lowest BCUT2D eigenvalue weighted by Crippen LogP contribution is -2.39. The Morgan fingerprint density at radius 3 is 2.23 bits per heavy atom. The molecule has 0 spiro atoms. The van der Waals surface area contributed by atoms with Crippen molar-refractivity contribution < 1.29 is 38.2 Å². The second-order valence-corrected chi connectivity index (χ2v) is 6.05. The molecule has 0 saturated carbocycles. The van der Waals surface area contributed by atoms with E-state index in [1.54, 1.807) is 0 Å². The fourth-order valence-electron chi connectivity index (χ4n) is 2.51. The number of anilines is 2. The van der Waals surface area contributed by atoms with Crippen LogP contribution >= 0.6 is 0 Å². The number of benzene rings is 2. The molecular formula is C20H15BN2O8. The predicted molar refractivity (Wildman–Crippen MR) is 109 cm³/mol. The third-order valence-corrected chi connectivity index (χ3v) is 3.95. The van der Waals surface area contributed by atoms with Crippen molar-refractivity contribution in [1.82, 2.24) is 0 Å². The van der Waals surface area contributed by atoms with Gasteiger partial charge in [-0.25, -0.2) is 9.59 Å². The van der Waals surface area contributed by atoms with Gasteiger partial charge in [-0.15, -0.1) is 0 Å². The Hall–Kier alpha value is -4.54. The van der Waals surface area contributed by atoms with E-state index in [-0.39, 0.29) is 22.6 Å². The molecular weight excluding hydrogens is 407 g/mol. The molecule has 0 saturated heterocycles. The van der Waals surface area contributed by atoms with Gasteiger partial charge in [0.05, 0.1) is 0 Å². The minimum Gasteiger partial charge on any atom is -0.507 e. The van der Waals surface area contributed by atoms with Crippen LogP contribution in [0.15, 0.2) is 61.7 Å². The van der Waals surface area contributed by atoms with Gasteiger partial charge in [-0.05, 0) is 48.6 Å². The summed E-state index contributed by atoms with van der Waals surface area (Å²) in [6.07, 6.45) is 2.10. The molecule has 0 fully saturated rings. The summed E-state index contributed by atoms with van der Waals surface area (Å²) < 4.78 is 15.3. The summed E-state index contributed by atoms with van der Waals surface area (Å²) in [4.78, 5) is 47.5. The summed E-state index contributed by atoms with van der Waals surface area (Å²) in [7, 11) is -1.72. The average Bonchev–Trinajstić information content (AvgIpc) is 2.75. The normalized spacial score (nSPS) is 11.9. The summed E-state index contributed by atoms with van der Waals surface area (Å²) in [5, 5.41) is 14.9. The first-order chi connectivity index (χ1) is 14.8. The van der Waals surface area contributed by atoms with Crippen LogP contribution in [0.2, 0.25) is 0 Å². The van der Waals surface area contributed by atoms with Gasteiger partial charge in [0.2, 0.25) is 11.8 Å². The van der Waals surface area contributed by atoms with Gasteiger partial charge in [-0.2, -0.15) is 0 Å². The van der Waals surface area contributed by atoms with Gasteiger partial charge in [-0.3, -0.25) is 9.59 Å². The fraction of sp³-hybridized carbons (Fsp3) is 0. The van der Waals surface area contributed by atoms with Crippen LogP contribution in [0, 0.1) is 0 Å². The zero-order chi connectivity index (χ0) is 22.5. The smallest absolute Gasteiger partial charge is 0.507 e. The summed E-state index contributed by atoms with van der Waals surface area (Å²) in [6, 6.07) is 7.90. The van der Waals surface area contributed by atoms with Gasteiger partial charge in [0.1, 0.15) is 22.6 Å². The molecule has 0 aliphatic carbocycles. The highest BCUT2D eigenvalue weighted by Gasteiger charge is 2.41. The fourth-order valence-corrected chi connectivity index (χ4v) is 2.51. The number of hydrogen-bond acceptors (Lipinski definition) is 8. The van der Waals surface area contributed by atoms with E-state index in [0.717, 1.165) is 12.2 Å². The largest absolute Gasteiger partial charge is 0.868 e. The number of aromatic hydroxyl groups is 1. The van der Waals surface area contributed by atoms with Crippen LogP contribution in [0.4, 0.5) is 11.4 Å². The van der Waals surface area contributed by atoms with Crippen molar-refractivity contribution in [2.45, 2.75) is 0 Å². The van der Waals surface area contributed by atoms with Crippen LogP contribution in [0.5, 0.6) is 11.5 Å². The van der Waals surface area contributed by atoms with Gasteiger partial charge in [0.25, 0.3) is 0 Å². The Balaban J connectivity index is 1.74. The molecule has 156 valence electrons. The van der Waals surface area contributed by atoms with Crippen LogP contribution in [-0.2, 0) is 18.9 Å². The Morgan fingerprint density at radius 1 is 0.968 bits per heavy atom. The topological polar surface area (TPSA) is 140 Å². The van der Waals surface area contributed by atoms with E-state index in [1.807, 2.05) is 0 Å². The molecule has 3 rings (SSSR count). The average molecular weight is 422 g/mol. The van der Waals surface area contributed by atoms with Crippen molar-refractivity contribution in [2.75, 3.05) is 10.6 Å². The van der Waals surface area contributed by atoms with Crippen molar-refractivity contribution in [1.29, 1.82) is 0 Å². The van der Waals surface area contributed by atoms with Crippen LogP contribution in [0.3, 0.4) is 0 Å². The first-order valence-electron chi connectivity index (χ1n) is 8.73. The first-order valence-corrected chi connectivity index (χ1v) is 8.73. The number of amides is 2. The SMILES string of the molecule is C=CC(=O)Nc1ccc(O)c(C(=O)OB2OC(=O)c3cc(NC(=O)C=C)ccc3O2)c1. The van der Waals surface area contributed by atoms with E-state index in [2.05, 4.69) is 23.8 Å². The Kier molecular flexibility index (Phi) is 6.06. The van der Waals surface area contributed by atoms with Crippen LogP contribution in [0.1, 0.15) is 20.7 Å². The number of carbonyl (C=O) groups excluding carboxylic acids is 4. The number of carbonyl (C=O) groups is 4. The Morgan fingerprint density at radius 2 is 1.58 bits per heavy atom. The van der Waals surface area contributed by atoms with Crippen molar-refractivity contribution in [2.24, 2.45) is 0 Å². The predicted octanol–water partition coefficient (Wildman–Crippen LogP) is 2.03. The number of fused-ring (bicyclic) bond motifs is 1. The number of hydrogen-bond donors (Lipinski definition) is 3. The van der Waals surface area contributed by atoms with Gasteiger partial charge >= 0.3 is 19.3 Å². The van der Waals surface area contributed by atoms with Gasteiger partial charge in [-0.1, -0.05) is 13.2 Å². The third kappa shape index (κ3) is 4.91. The highest BCUT2D eigenvalue weighted by Crippen LogP contribution is 2.29. The van der Waals surface area contributed by atoms with E-state index in [9.17, 15) is 24.3 Å². The summed E-state index contributed by atoms with van der Waals surface area (Å²) in [6.45, 7) is 6.65. The monoisotopic (exact) mass is 422 g/mol. The van der Waals surface area contributed by atoms with Crippen molar-refractivity contribution in [3.63, 3.8) is 0 Å². The molecule has 10 nitrogen and oxygen atoms in total. The molecule has 2 aromatic carbocycles. The minimum absolute atomic E-state index is 0.00569. The Labute approximate surface area is 176 Å². The number of nitrogens with one attached hydrogen (secondary N) is 2. The standard InChI is InChI=1S/C20H15BN2O8/c1-3-17(25)22-11-5-7-15(24)13(9-11)19(27)30-21-29-16-8-6-12(23-18(26)4-2)10-14(16)20(28)31-21/h3-10,24H,1-2H2,(H,22,25)(H,23,26).